The van der Waals surface area contributed by atoms with Crippen molar-refractivity contribution in [3.8, 4) is 0 Å². The molecule has 1 aliphatic heterocycles. The van der Waals surface area contributed by atoms with Gasteiger partial charge in [0.25, 0.3) is 0 Å². The number of hydrogen-bond acceptors (Lipinski definition) is 2. The highest BCUT2D eigenvalue weighted by atomic mass is 32.2. The molecule has 0 aromatic heterocycles. The lowest BCUT2D eigenvalue weighted by Crippen LogP contribution is -2.40. The SMILES string of the molecule is CN=C(NCCCF)NCC1CCCS1. The molecule has 15 heavy (non-hydrogen) atoms. The molecule has 0 aromatic carbocycles. The van der Waals surface area contributed by atoms with Gasteiger partial charge in [0, 0.05) is 25.4 Å². The van der Waals surface area contributed by atoms with Gasteiger partial charge in [-0.1, -0.05) is 0 Å². The molecule has 0 radical (unpaired) electrons. The molecule has 0 aliphatic carbocycles. The summed E-state index contributed by atoms with van der Waals surface area (Å²) in [6, 6.07) is 0. The Morgan fingerprint density at radius 3 is 3.00 bits per heavy atom. The Bertz CT molecular complexity index is 193. The first-order chi connectivity index (χ1) is 7.36. The van der Waals surface area contributed by atoms with E-state index in [0.717, 1.165) is 12.5 Å². The van der Waals surface area contributed by atoms with E-state index in [-0.39, 0.29) is 6.67 Å². The molecule has 88 valence electrons. The van der Waals surface area contributed by atoms with E-state index in [1.54, 1.807) is 7.05 Å². The molecule has 5 heteroatoms. The molecule has 0 aromatic rings. The van der Waals surface area contributed by atoms with Crippen LogP contribution in [0.1, 0.15) is 19.3 Å². The standard InChI is InChI=1S/C10H20FN3S/c1-12-10(13-6-3-5-11)14-8-9-4-2-7-15-9/h9H,2-8H2,1H3,(H2,12,13,14). The third-order valence-corrected chi connectivity index (χ3v) is 3.75. The molecule has 0 amide bonds. The van der Waals surface area contributed by atoms with Crippen molar-refractivity contribution in [2.24, 2.45) is 4.99 Å². The van der Waals surface area contributed by atoms with E-state index in [2.05, 4.69) is 15.6 Å². The Kier molecular flexibility index (Phi) is 6.55. The number of nitrogens with zero attached hydrogens (tertiary/aromatic N) is 1. The van der Waals surface area contributed by atoms with Crippen molar-refractivity contribution in [1.82, 2.24) is 10.6 Å². The predicted octanol–water partition coefficient (Wildman–Crippen LogP) is 1.41. The van der Waals surface area contributed by atoms with Crippen LogP contribution in [0.5, 0.6) is 0 Å². The minimum atomic E-state index is -0.275. The maximum Gasteiger partial charge on any atom is 0.191 e. The number of halogens is 1. The van der Waals surface area contributed by atoms with Crippen LogP contribution >= 0.6 is 11.8 Å². The van der Waals surface area contributed by atoms with Gasteiger partial charge in [0.1, 0.15) is 0 Å². The zero-order valence-corrected chi connectivity index (χ0v) is 10.1. The zero-order valence-electron chi connectivity index (χ0n) is 9.26. The zero-order chi connectivity index (χ0) is 10.9. The average molecular weight is 233 g/mol. The minimum absolute atomic E-state index is 0.275. The number of hydrogen-bond donors (Lipinski definition) is 2. The second-order valence-electron chi connectivity index (χ2n) is 3.56. The third kappa shape index (κ3) is 5.25. The smallest absolute Gasteiger partial charge is 0.191 e. The highest BCUT2D eigenvalue weighted by Crippen LogP contribution is 2.25. The second kappa shape index (κ2) is 7.79. The highest BCUT2D eigenvalue weighted by Gasteiger charge is 2.15. The number of nitrogens with one attached hydrogen (secondary N) is 2. The van der Waals surface area contributed by atoms with Crippen LogP contribution in [-0.2, 0) is 0 Å². The van der Waals surface area contributed by atoms with Gasteiger partial charge in [0.2, 0.25) is 0 Å². The lowest BCUT2D eigenvalue weighted by Gasteiger charge is -2.14. The molecule has 1 unspecified atom stereocenters. The van der Waals surface area contributed by atoms with E-state index in [1.807, 2.05) is 11.8 Å². The molecule has 1 rings (SSSR count). The van der Waals surface area contributed by atoms with Gasteiger partial charge in [-0.15, -0.1) is 0 Å². The monoisotopic (exact) mass is 233 g/mol. The highest BCUT2D eigenvalue weighted by molar-refractivity contribution is 8.00. The fourth-order valence-corrected chi connectivity index (χ4v) is 2.71. The Hall–Kier alpha value is -0.450. The molecule has 0 spiro atoms. The van der Waals surface area contributed by atoms with Gasteiger partial charge in [-0.2, -0.15) is 11.8 Å². The van der Waals surface area contributed by atoms with Crippen molar-refractivity contribution < 1.29 is 4.39 Å². The summed E-state index contributed by atoms with van der Waals surface area (Å²) in [5, 5.41) is 7.06. The maximum atomic E-state index is 11.9. The quantitative estimate of drug-likeness (QED) is 0.428. The third-order valence-electron chi connectivity index (χ3n) is 2.35. The van der Waals surface area contributed by atoms with Gasteiger partial charge in [-0.05, 0) is 25.0 Å². The van der Waals surface area contributed by atoms with E-state index in [1.165, 1.54) is 18.6 Å². The van der Waals surface area contributed by atoms with Crippen LogP contribution < -0.4 is 10.6 Å². The maximum absolute atomic E-state index is 11.9. The van der Waals surface area contributed by atoms with E-state index in [4.69, 9.17) is 0 Å². The summed E-state index contributed by atoms with van der Waals surface area (Å²) in [6.07, 6.45) is 3.16. The van der Waals surface area contributed by atoms with Crippen LogP contribution in [0.3, 0.4) is 0 Å². The number of alkyl halides is 1. The minimum Gasteiger partial charge on any atom is -0.356 e. The van der Waals surface area contributed by atoms with E-state index < -0.39 is 0 Å². The average Bonchev–Trinajstić information content (AvgIpc) is 2.76. The fourth-order valence-electron chi connectivity index (χ4n) is 1.51. The fraction of sp³-hybridized carbons (Fsp3) is 0.900. The van der Waals surface area contributed by atoms with Crippen LogP contribution in [0.4, 0.5) is 4.39 Å². The Morgan fingerprint density at radius 1 is 1.53 bits per heavy atom. The number of aliphatic imine (C=N–C) groups is 1. The predicted molar refractivity (Wildman–Crippen MR) is 65.4 cm³/mol. The van der Waals surface area contributed by atoms with Gasteiger partial charge in [0.15, 0.2) is 5.96 Å². The Morgan fingerprint density at radius 2 is 2.40 bits per heavy atom. The van der Waals surface area contributed by atoms with Crippen molar-refractivity contribution in [3.05, 3.63) is 0 Å². The molecule has 2 N–H and O–H groups in total. The van der Waals surface area contributed by atoms with Gasteiger partial charge in [-0.3, -0.25) is 9.38 Å². The normalized spacial score (nSPS) is 21.7. The molecule has 3 nitrogen and oxygen atoms in total. The Labute approximate surface area is 95.3 Å². The van der Waals surface area contributed by atoms with Crippen LogP contribution in [0.2, 0.25) is 0 Å². The summed E-state index contributed by atoms with van der Waals surface area (Å²) in [4.78, 5) is 4.08. The first-order valence-corrected chi connectivity index (χ1v) is 6.53. The van der Waals surface area contributed by atoms with Crippen LogP contribution in [-0.4, -0.2) is 43.8 Å². The molecular formula is C10H20FN3S. The molecule has 0 bridgehead atoms. The van der Waals surface area contributed by atoms with Crippen LogP contribution in [0.15, 0.2) is 4.99 Å². The summed E-state index contributed by atoms with van der Waals surface area (Å²) in [5.74, 6) is 2.07. The van der Waals surface area contributed by atoms with Gasteiger partial charge in [0.05, 0.1) is 6.67 Å². The molecule has 1 atom stereocenters. The largest absolute Gasteiger partial charge is 0.356 e. The first-order valence-electron chi connectivity index (χ1n) is 5.49. The molecule has 1 fully saturated rings. The lowest BCUT2D eigenvalue weighted by molar-refractivity contribution is 0.470. The summed E-state index contributed by atoms with van der Waals surface area (Å²) < 4.78 is 11.9. The topological polar surface area (TPSA) is 36.4 Å². The summed E-state index contributed by atoms with van der Waals surface area (Å²) >= 11 is 2.02. The van der Waals surface area contributed by atoms with Crippen molar-refractivity contribution in [3.63, 3.8) is 0 Å². The van der Waals surface area contributed by atoms with Gasteiger partial charge in [-0.25, -0.2) is 0 Å². The molecular weight excluding hydrogens is 213 g/mol. The van der Waals surface area contributed by atoms with Crippen molar-refractivity contribution in [2.45, 2.75) is 24.5 Å². The molecule has 1 heterocycles. The summed E-state index contributed by atoms with van der Waals surface area (Å²) in [5.41, 5.74) is 0. The summed E-state index contributed by atoms with van der Waals surface area (Å²) in [7, 11) is 1.74. The van der Waals surface area contributed by atoms with E-state index >= 15 is 0 Å². The van der Waals surface area contributed by atoms with Crippen LogP contribution in [0, 0.1) is 0 Å². The van der Waals surface area contributed by atoms with Gasteiger partial charge < -0.3 is 10.6 Å². The first kappa shape index (κ1) is 12.6. The van der Waals surface area contributed by atoms with Crippen molar-refractivity contribution in [1.29, 1.82) is 0 Å². The van der Waals surface area contributed by atoms with Crippen molar-refractivity contribution in [2.75, 3.05) is 32.6 Å². The Balaban J connectivity index is 2.10. The molecule has 0 saturated carbocycles. The van der Waals surface area contributed by atoms with Crippen LogP contribution in [0.25, 0.3) is 0 Å². The molecule has 1 aliphatic rings. The van der Waals surface area contributed by atoms with Crippen molar-refractivity contribution >= 4 is 17.7 Å². The van der Waals surface area contributed by atoms with E-state index in [0.29, 0.717) is 18.2 Å². The lowest BCUT2D eigenvalue weighted by atomic mass is 10.2. The number of rotatable bonds is 5. The number of thioether (sulfide) groups is 1. The number of guanidine groups is 1. The second-order valence-corrected chi connectivity index (χ2v) is 4.97. The van der Waals surface area contributed by atoms with E-state index in [9.17, 15) is 4.39 Å². The summed E-state index contributed by atoms with van der Waals surface area (Å²) in [6.45, 7) is 1.33. The molecule has 1 saturated heterocycles. The van der Waals surface area contributed by atoms with Gasteiger partial charge >= 0.3 is 0 Å².